The van der Waals surface area contributed by atoms with Gasteiger partial charge in [0.2, 0.25) is 5.91 Å². The first-order valence-electron chi connectivity index (χ1n) is 6.58. The summed E-state index contributed by atoms with van der Waals surface area (Å²) < 4.78 is 0. The number of aromatic hydroxyl groups is 1. The van der Waals surface area contributed by atoms with Crippen LogP contribution < -0.4 is 5.32 Å². The molecule has 2 aromatic rings. The zero-order chi connectivity index (χ0) is 17.7. The van der Waals surface area contributed by atoms with Crippen molar-refractivity contribution >= 4 is 29.0 Å². The third kappa shape index (κ3) is 4.13. The molecule has 0 aliphatic rings. The molecule has 0 spiro atoms. The van der Waals surface area contributed by atoms with Gasteiger partial charge in [0.25, 0.3) is 11.4 Å². The van der Waals surface area contributed by atoms with Gasteiger partial charge < -0.3 is 10.4 Å². The minimum Gasteiger partial charge on any atom is -0.506 e. The van der Waals surface area contributed by atoms with Gasteiger partial charge in [0.15, 0.2) is 0 Å². The molecule has 0 heterocycles. The van der Waals surface area contributed by atoms with Crippen LogP contribution in [0.15, 0.2) is 48.5 Å². The molecule has 2 rings (SSSR count). The maximum absolute atomic E-state index is 11.8. The third-order valence-electron chi connectivity index (χ3n) is 2.96. The van der Waals surface area contributed by atoms with Gasteiger partial charge in [0, 0.05) is 30.3 Å². The highest BCUT2D eigenvalue weighted by Crippen LogP contribution is 2.27. The Balaban J connectivity index is 2.13. The number of phenols is 1. The van der Waals surface area contributed by atoms with Gasteiger partial charge in [-0.1, -0.05) is 12.1 Å². The first-order valence-corrected chi connectivity index (χ1v) is 6.58. The van der Waals surface area contributed by atoms with E-state index >= 15 is 0 Å². The summed E-state index contributed by atoms with van der Waals surface area (Å²) >= 11 is 0. The fourth-order valence-electron chi connectivity index (χ4n) is 1.83. The number of carbonyl (C=O) groups excluding carboxylic acids is 1. The van der Waals surface area contributed by atoms with Crippen LogP contribution in [0.3, 0.4) is 0 Å². The fraction of sp³-hybridized carbons (Fsp3) is 0. The summed E-state index contributed by atoms with van der Waals surface area (Å²) in [4.78, 5) is 32.0. The van der Waals surface area contributed by atoms with Crippen LogP contribution in [0.2, 0.25) is 0 Å². The Morgan fingerprint density at radius 3 is 2.38 bits per heavy atom. The number of carbonyl (C=O) groups is 1. The van der Waals surface area contributed by atoms with E-state index in [9.17, 15) is 30.1 Å². The van der Waals surface area contributed by atoms with Crippen molar-refractivity contribution in [2.24, 2.45) is 0 Å². The summed E-state index contributed by atoms with van der Waals surface area (Å²) in [5.41, 5.74) is -0.0832. The largest absolute Gasteiger partial charge is 0.506 e. The molecule has 0 saturated carbocycles. The maximum atomic E-state index is 11.8. The van der Waals surface area contributed by atoms with Gasteiger partial charge in [-0.2, -0.15) is 0 Å². The Labute approximate surface area is 135 Å². The van der Waals surface area contributed by atoms with E-state index in [0.717, 1.165) is 24.3 Å². The molecule has 0 bridgehead atoms. The molecule has 0 unspecified atom stereocenters. The molecule has 0 atom stereocenters. The van der Waals surface area contributed by atoms with Crippen LogP contribution in [-0.2, 0) is 4.79 Å². The second kappa shape index (κ2) is 7.01. The van der Waals surface area contributed by atoms with E-state index in [0.29, 0.717) is 5.56 Å². The average Bonchev–Trinajstić information content (AvgIpc) is 2.55. The molecule has 9 heteroatoms. The van der Waals surface area contributed by atoms with Crippen LogP contribution in [0.25, 0.3) is 6.08 Å². The Kier molecular flexibility index (Phi) is 4.85. The molecule has 0 fully saturated rings. The monoisotopic (exact) mass is 329 g/mol. The van der Waals surface area contributed by atoms with E-state index in [2.05, 4.69) is 5.32 Å². The van der Waals surface area contributed by atoms with E-state index in [1.165, 1.54) is 24.3 Å². The smallest absolute Gasteiger partial charge is 0.271 e. The van der Waals surface area contributed by atoms with Gasteiger partial charge in [-0.25, -0.2) is 0 Å². The zero-order valence-corrected chi connectivity index (χ0v) is 12.1. The Bertz CT molecular complexity index is 847. The van der Waals surface area contributed by atoms with Crippen LogP contribution in [0.5, 0.6) is 5.75 Å². The molecule has 0 aromatic heterocycles. The van der Waals surface area contributed by atoms with Gasteiger partial charge in [-0.3, -0.25) is 25.0 Å². The molecule has 1 amide bonds. The number of rotatable bonds is 5. The minimum atomic E-state index is -0.659. The molecule has 0 aliphatic heterocycles. The first-order chi connectivity index (χ1) is 11.4. The zero-order valence-electron chi connectivity index (χ0n) is 12.1. The van der Waals surface area contributed by atoms with Gasteiger partial charge in [-0.05, 0) is 17.7 Å². The molecule has 2 aromatic carbocycles. The van der Waals surface area contributed by atoms with E-state index in [-0.39, 0.29) is 22.8 Å². The molecule has 0 saturated heterocycles. The molecule has 122 valence electrons. The van der Waals surface area contributed by atoms with E-state index in [1.807, 2.05) is 0 Å². The fourth-order valence-corrected chi connectivity index (χ4v) is 1.83. The summed E-state index contributed by atoms with van der Waals surface area (Å²) in [6, 6.07) is 8.87. The van der Waals surface area contributed by atoms with Gasteiger partial charge in [0.05, 0.1) is 15.5 Å². The second-order valence-electron chi connectivity index (χ2n) is 4.63. The quantitative estimate of drug-likeness (QED) is 0.374. The van der Waals surface area contributed by atoms with Crippen LogP contribution >= 0.6 is 0 Å². The van der Waals surface area contributed by atoms with E-state index in [4.69, 9.17) is 0 Å². The highest BCUT2D eigenvalue weighted by Gasteiger charge is 2.11. The highest BCUT2D eigenvalue weighted by atomic mass is 16.6. The molecule has 9 nitrogen and oxygen atoms in total. The Hall–Kier alpha value is -3.75. The average molecular weight is 329 g/mol. The van der Waals surface area contributed by atoms with Crippen molar-refractivity contribution in [2.45, 2.75) is 0 Å². The molecule has 2 N–H and O–H groups in total. The lowest BCUT2D eigenvalue weighted by Crippen LogP contribution is -2.08. The number of nitrogens with zero attached hydrogens (tertiary/aromatic N) is 2. The van der Waals surface area contributed by atoms with Crippen LogP contribution in [0.1, 0.15) is 5.56 Å². The summed E-state index contributed by atoms with van der Waals surface area (Å²) in [7, 11) is 0. The highest BCUT2D eigenvalue weighted by molar-refractivity contribution is 6.02. The Morgan fingerprint density at radius 1 is 1.04 bits per heavy atom. The number of hydrogen-bond acceptors (Lipinski definition) is 6. The van der Waals surface area contributed by atoms with Crippen molar-refractivity contribution < 1.29 is 19.7 Å². The van der Waals surface area contributed by atoms with Gasteiger partial charge in [0.1, 0.15) is 5.75 Å². The molecule has 0 radical (unpaired) electrons. The topological polar surface area (TPSA) is 136 Å². The number of nitro benzene ring substituents is 2. The van der Waals surface area contributed by atoms with Crippen molar-refractivity contribution in [2.75, 3.05) is 5.32 Å². The van der Waals surface area contributed by atoms with Crippen LogP contribution in [0.4, 0.5) is 17.1 Å². The van der Waals surface area contributed by atoms with Crippen molar-refractivity contribution in [3.8, 4) is 5.75 Å². The number of benzene rings is 2. The predicted octanol–water partition coefficient (Wildman–Crippen LogP) is 2.86. The Morgan fingerprint density at radius 2 is 1.71 bits per heavy atom. The lowest BCUT2D eigenvalue weighted by atomic mass is 10.2. The third-order valence-corrected chi connectivity index (χ3v) is 2.96. The van der Waals surface area contributed by atoms with E-state index < -0.39 is 15.8 Å². The van der Waals surface area contributed by atoms with Crippen LogP contribution in [0, 0.1) is 20.2 Å². The predicted molar refractivity (Wildman–Crippen MR) is 85.5 cm³/mol. The number of nitrogens with one attached hydrogen (secondary N) is 1. The molecule has 24 heavy (non-hydrogen) atoms. The normalized spacial score (nSPS) is 10.5. The van der Waals surface area contributed by atoms with Crippen molar-refractivity contribution in [1.29, 1.82) is 0 Å². The standard InChI is InChI=1S/C15H11N3O6/c19-14-6-5-12(18(23)24)9-13(14)16-15(20)7-4-10-2-1-3-11(8-10)17(21)22/h1-9,19H,(H,16,20)/b7-4+. The van der Waals surface area contributed by atoms with Crippen molar-refractivity contribution in [3.05, 3.63) is 74.3 Å². The SMILES string of the molecule is O=C(/C=C/c1cccc([N+](=O)[O-])c1)Nc1cc([N+](=O)[O-])ccc1O. The van der Waals surface area contributed by atoms with Crippen LogP contribution in [-0.4, -0.2) is 20.9 Å². The minimum absolute atomic E-state index is 0.113. The first kappa shape index (κ1) is 16.6. The summed E-state index contributed by atoms with van der Waals surface area (Å²) in [6.07, 6.45) is 2.44. The van der Waals surface area contributed by atoms with Crippen molar-refractivity contribution in [3.63, 3.8) is 0 Å². The second-order valence-corrected chi connectivity index (χ2v) is 4.63. The number of non-ortho nitro benzene ring substituents is 2. The van der Waals surface area contributed by atoms with Gasteiger partial charge >= 0.3 is 0 Å². The lowest BCUT2D eigenvalue weighted by Gasteiger charge is -2.04. The summed E-state index contributed by atoms with van der Waals surface area (Å²) in [5.74, 6) is -0.977. The number of amides is 1. The number of hydrogen-bond donors (Lipinski definition) is 2. The molecular formula is C15H11N3O6. The lowest BCUT2D eigenvalue weighted by molar-refractivity contribution is -0.385. The summed E-state index contributed by atoms with van der Waals surface area (Å²) in [6.45, 7) is 0. The molecular weight excluding hydrogens is 318 g/mol. The van der Waals surface area contributed by atoms with Gasteiger partial charge in [-0.15, -0.1) is 0 Å². The molecule has 0 aliphatic carbocycles. The number of anilines is 1. The number of nitro groups is 2. The van der Waals surface area contributed by atoms with Crippen molar-refractivity contribution in [1.82, 2.24) is 0 Å². The number of phenolic OH excluding ortho intramolecular Hbond substituents is 1. The summed E-state index contributed by atoms with van der Waals surface area (Å²) in [5, 5.41) is 33.3. The maximum Gasteiger partial charge on any atom is 0.271 e. The van der Waals surface area contributed by atoms with E-state index in [1.54, 1.807) is 6.07 Å².